The lowest BCUT2D eigenvalue weighted by atomic mass is 9.84. The quantitative estimate of drug-likeness (QED) is 0.194. The second-order valence-electron chi connectivity index (χ2n) is 11.5. The van der Waals surface area contributed by atoms with Gasteiger partial charge in [-0.25, -0.2) is 27.8 Å². The lowest BCUT2D eigenvalue weighted by Crippen LogP contribution is -2.50. The molecule has 1 aliphatic rings. The number of rotatable bonds is 9. The second-order valence-corrected chi connectivity index (χ2v) is 11.5. The Morgan fingerprint density at radius 3 is 2.27 bits per heavy atom. The van der Waals surface area contributed by atoms with Gasteiger partial charge >= 0.3 is 6.09 Å². The summed E-state index contributed by atoms with van der Waals surface area (Å²) in [5, 5.41) is 3.42. The van der Waals surface area contributed by atoms with E-state index in [0.29, 0.717) is 35.6 Å². The number of imide groups is 1. The Labute approximate surface area is 274 Å². The maximum Gasteiger partial charge on any atom is 0.421 e. The van der Waals surface area contributed by atoms with E-state index in [1.807, 2.05) is 24.3 Å². The van der Waals surface area contributed by atoms with Gasteiger partial charge in [0.05, 0.1) is 61.0 Å². The molecule has 0 saturated carbocycles. The predicted octanol–water partition coefficient (Wildman–Crippen LogP) is 5.30. The highest BCUT2D eigenvalue weighted by molar-refractivity contribution is 6.15. The molecule has 3 aromatic carbocycles. The van der Waals surface area contributed by atoms with Crippen molar-refractivity contribution in [1.82, 2.24) is 20.3 Å². The third-order valence-electron chi connectivity index (χ3n) is 8.45. The summed E-state index contributed by atoms with van der Waals surface area (Å²) in [6, 6.07) is 16.7. The van der Waals surface area contributed by atoms with Crippen LogP contribution in [0.3, 0.4) is 0 Å². The number of ether oxygens (including phenoxy) is 2. The minimum atomic E-state index is -1.46. The Kier molecular flexibility index (Phi) is 9.80. The van der Waals surface area contributed by atoms with Crippen LogP contribution < -0.4 is 16.0 Å². The van der Waals surface area contributed by atoms with Gasteiger partial charge in [-0.15, -0.1) is 0 Å². The van der Waals surface area contributed by atoms with Gasteiger partial charge in [0.2, 0.25) is 0 Å². The van der Waals surface area contributed by atoms with Crippen molar-refractivity contribution in [3.8, 4) is 0 Å². The first kappa shape index (κ1) is 32.8. The van der Waals surface area contributed by atoms with Gasteiger partial charge in [0.1, 0.15) is 23.3 Å². The van der Waals surface area contributed by atoms with Crippen LogP contribution in [0.1, 0.15) is 40.9 Å². The zero-order chi connectivity index (χ0) is 33.8. The topological polar surface area (TPSA) is 135 Å². The van der Waals surface area contributed by atoms with E-state index in [0.717, 1.165) is 30.2 Å². The van der Waals surface area contributed by atoms with Crippen molar-refractivity contribution in [3.63, 3.8) is 0 Å². The van der Waals surface area contributed by atoms with Crippen LogP contribution in [0.2, 0.25) is 0 Å². The summed E-state index contributed by atoms with van der Waals surface area (Å²) < 4.78 is 54.1. The number of halogens is 3. The number of nitrogens with two attached hydrogens (primary N) is 1. The number of fused-ring (bicyclic) bond motifs is 1. The standard InChI is InChI=1S/C35H33F3N6O4/c1-47-35(46)44(34(45)32(39)31(20-6-10-22(36)11-7-20)21-8-12-23(37)13-9-21)30-18-40-17-26(38)25(30)15-14-24-16-41-29(19-48-24)33-42-27-4-2-3-5-28(27)43-33/h2-13,17-18,24,29,31-32,41H,14-16,19,39H2,1H3,(H,42,43)/t24-,29+,32+/m1/s1. The number of H-pyrrole nitrogens is 1. The number of methoxy groups -OCH3 is 1. The number of para-hydroxylation sites is 2. The third-order valence-corrected chi connectivity index (χ3v) is 8.45. The summed E-state index contributed by atoms with van der Waals surface area (Å²) in [7, 11) is 1.08. The van der Waals surface area contributed by atoms with Crippen LogP contribution in [0, 0.1) is 17.5 Å². The van der Waals surface area contributed by atoms with Gasteiger partial charge in [-0.3, -0.25) is 9.78 Å². The zero-order valence-corrected chi connectivity index (χ0v) is 25.9. The fraction of sp³-hybridized carbons (Fsp3) is 0.257. The number of nitrogens with zero attached hydrogens (tertiary/aromatic N) is 3. The van der Waals surface area contributed by atoms with Crippen LogP contribution >= 0.6 is 0 Å². The lowest BCUT2D eigenvalue weighted by molar-refractivity contribution is -0.119. The molecule has 13 heteroatoms. The molecule has 1 saturated heterocycles. The van der Waals surface area contributed by atoms with Gasteiger partial charge in [0.25, 0.3) is 5.91 Å². The molecule has 1 fully saturated rings. The number of morpholine rings is 1. The van der Waals surface area contributed by atoms with Gasteiger partial charge in [-0.1, -0.05) is 36.4 Å². The van der Waals surface area contributed by atoms with Crippen molar-refractivity contribution >= 4 is 28.7 Å². The molecule has 248 valence electrons. The summed E-state index contributed by atoms with van der Waals surface area (Å²) in [5.74, 6) is -2.87. The summed E-state index contributed by atoms with van der Waals surface area (Å²) in [6.45, 7) is 0.775. The van der Waals surface area contributed by atoms with E-state index in [1.165, 1.54) is 54.7 Å². The van der Waals surface area contributed by atoms with E-state index in [-0.39, 0.29) is 29.8 Å². The van der Waals surface area contributed by atoms with Crippen LogP contribution in [0.4, 0.5) is 23.7 Å². The van der Waals surface area contributed by atoms with Crippen molar-refractivity contribution in [3.05, 3.63) is 125 Å². The number of hydrogen-bond acceptors (Lipinski definition) is 8. The molecule has 5 aromatic rings. The SMILES string of the molecule is COC(=O)N(C(=O)[C@@H](N)C(c1ccc(F)cc1)c1ccc(F)cc1)c1cncc(F)c1CC[C@@H]1CN[C@H](c2nc3ccccc3[nH]2)CO1. The Bertz CT molecular complexity index is 1820. The average molecular weight is 659 g/mol. The van der Waals surface area contributed by atoms with Gasteiger partial charge in [0.15, 0.2) is 0 Å². The maximum absolute atomic E-state index is 15.4. The van der Waals surface area contributed by atoms with E-state index in [1.54, 1.807) is 0 Å². The number of aromatic nitrogens is 3. The van der Waals surface area contributed by atoms with E-state index >= 15 is 4.39 Å². The molecular weight excluding hydrogens is 625 g/mol. The fourth-order valence-electron chi connectivity index (χ4n) is 5.96. The first-order valence-electron chi connectivity index (χ1n) is 15.3. The number of carbonyl (C=O) groups is 2. The largest absolute Gasteiger partial charge is 0.452 e. The van der Waals surface area contributed by atoms with Crippen LogP contribution in [0.25, 0.3) is 11.0 Å². The van der Waals surface area contributed by atoms with Crippen molar-refractivity contribution < 1.29 is 32.2 Å². The highest BCUT2D eigenvalue weighted by atomic mass is 19.1. The van der Waals surface area contributed by atoms with Gasteiger partial charge < -0.3 is 25.5 Å². The molecule has 4 N–H and O–H groups in total. The third kappa shape index (κ3) is 6.93. The molecule has 0 unspecified atom stereocenters. The van der Waals surface area contributed by atoms with Crippen LogP contribution in [-0.4, -0.2) is 59.4 Å². The van der Waals surface area contributed by atoms with Gasteiger partial charge in [-0.05, 0) is 60.4 Å². The summed E-state index contributed by atoms with van der Waals surface area (Å²) >= 11 is 0. The van der Waals surface area contributed by atoms with E-state index in [9.17, 15) is 18.4 Å². The van der Waals surface area contributed by atoms with Crippen molar-refractivity contribution in [2.24, 2.45) is 5.73 Å². The van der Waals surface area contributed by atoms with Crippen LogP contribution in [0.5, 0.6) is 0 Å². The summed E-state index contributed by atoms with van der Waals surface area (Å²) in [6.07, 6.45) is 1.21. The van der Waals surface area contributed by atoms with Gasteiger partial charge in [0, 0.05) is 18.0 Å². The van der Waals surface area contributed by atoms with E-state index in [2.05, 4.69) is 20.3 Å². The van der Waals surface area contributed by atoms with Gasteiger partial charge in [-0.2, -0.15) is 0 Å². The van der Waals surface area contributed by atoms with E-state index in [4.69, 9.17) is 15.2 Å². The molecule has 6 rings (SSSR count). The zero-order valence-electron chi connectivity index (χ0n) is 25.9. The molecule has 0 radical (unpaired) electrons. The number of anilines is 1. The van der Waals surface area contributed by atoms with Crippen molar-refractivity contribution in [1.29, 1.82) is 0 Å². The number of carbonyl (C=O) groups excluding carboxylic acids is 2. The molecule has 48 heavy (non-hydrogen) atoms. The average Bonchev–Trinajstić information content (AvgIpc) is 3.54. The molecule has 0 aliphatic carbocycles. The monoisotopic (exact) mass is 658 g/mol. The Morgan fingerprint density at radius 1 is 1.00 bits per heavy atom. The summed E-state index contributed by atoms with van der Waals surface area (Å²) in [5.41, 5.74) is 9.11. The molecule has 3 atom stereocenters. The number of nitrogens with one attached hydrogen (secondary N) is 2. The van der Waals surface area contributed by atoms with Crippen LogP contribution in [0.15, 0.2) is 85.2 Å². The Morgan fingerprint density at radius 2 is 1.67 bits per heavy atom. The number of pyridine rings is 1. The summed E-state index contributed by atoms with van der Waals surface area (Å²) in [4.78, 5) is 39.8. The van der Waals surface area contributed by atoms with Crippen LogP contribution in [-0.2, 0) is 20.7 Å². The minimum absolute atomic E-state index is 0.0408. The first-order chi connectivity index (χ1) is 23.2. The molecule has 10 nitrogen and oxygen atoms in total. The molecule has 0 spiro atoms. The van der Waals surface area contributed by atoms with Crippen molar-refractivity contribution in [2.75, 3.05) is 25.2 Å². The normalized spacial score (nSPS) is 17.0. The second kappa shape index (κ2) is 14.3. The molecule has 0 bridgehead atoms. The Balaban J connectivity index is 1.22. The minimum Gasteiger partial charge on any atom is -0.452 e. The number of hydrogen-bond donors (Lipinski definition) is 3. The number of imidazole rings is 1. The lowest BCUT2D eigenvalue weighted by Gasteiger charge is -2.31. The predicted molar refractivity (Wildman–Crippen MR) is 172 cm³/mol. The smallest absolute Gasteiger partial charge is 0.421 e. The number of aromatic amines is 1. The van der Waals surface area contributed by atoms with Crippen molar-refractivity contribution in [2.45, 2.75) is 36.9 Å². The van der Waals surface area contributed by atoms with E-state index < -0.39 is 41.4 Å². The molecule has 2 amide bonds. The highest BCUT2D eigenvalue weighted by Gasteiger charge is 2.37. The first-order valence-corrected chi connectivity index (χ1v) is 15.3. The molecular formula is C35H33F3N6O4. The molecule has 3 heterocycles. The molecule has 2 aromatic heterocycles. The number of amides is 2. The Hall–Kier alpha value is -5.11. The number of benzene rings is 3. The maximum atomic E-state index is 15.4. The highest BCUT2D eigenvalue weighted by Crippen LogP contribution is 2.32. The fourth-order valence-corrected chi connectivity index (χ4v) is 5.96. The molecule has 1 aliphatic heterocycles.